The molecule has 1 saturated carbocycles. The minimum absolute atomic E-state index is 0.0415. The molecule has 7 rings (SSSR count). The van der Waals surface area contributed by atoms with Crippen molar-refractivity contribution in [1.82, 2.24) is 38.6 Å². The van der Waals surface area contributed by atoms with Crippen molar-refractivity contribution in [2.24, 2.45) is 7.05 Å². The number of rotatable bonds is 2. The van der Waals surface area contributed by atoms with E-state index in [-0.39, 0.29) is 34.6 Å². The highest BCUT2D eigenvalue weighted by Crippen LogP contribution is 2.60. The smallest absolute Gasteiger partial charge is 0.386 e. The lowest BCUT2D eigenvalue weighted by Crippen LogP contribution is -2.37. The van der Waals surface area contributed by atoms with Crippen LogP contribution >= 0.6 is 25.8 Å². The van der Waals surface area contributed by atoms with Gasteiger partial charge in [-0.2, -0.15) is 0 Å². The van der Waals surface area contributed by atoms with Crippen molar-refractivity contribution in [3.05, 3.63) is 35.7 Å². The van der Waals surface area contributed by atoms with E-state index in [0.717, 1.165) is 0 Å². The first kappa shape index (κ1) is 30.2. The lowest BCUT2D eigenvalue weighted by molar-refractivity contribution is -0.0539. The van der Waals surface area contributed by atoms with E-state index in [4.69, 9.17) is 40.4 Å². The van der Waals surface area contributed by atoms with E-state index in [1.807, 2.05) is 0 Å². The van der Waals surface area contributed by atoms with Crippen LogP contribution in [0, 0.1) is 0 Å². The number of nitrogens with zero attached hydrogens (tertiary/aromatic N) is 8. The molecule has 4 aromatic heterocycles. The number of ether oxygens (including phenoxy) is 1. The van der Waals surface area contributed by atoms with Gasteiger partial charge < -0.3 is 34.1 Å². The molecule has 4 N–H and O–H groups in total. The van der Waals surface area contributed by atoms with E-state index in [2.05, 4.69) is 37.2 Å². The van der Waals surface area contributed by atoms with Gasteiger partial charge in [0.15, 0.2) is 35.0 Å². The lowest BCUT2D eigenvalue weighted by Gasteiger charge is -2.30. The topological polar surface area (TPSA) is 226 Å². The highest BCUT2D eigenvalue weighted by molar-refractivity contribution is 8.44. The minimum Gasteiger partial charge on any atom is -0.388 e. The predicted molar refractivity (Wildman–Crippen MR) is 155 cm³/mol. The number of nitrogen functional groups attached to an aromatic ring is 1. The largest absolute Gasteiger partial charge is 0.388 e. The molecule has 2 saturated heterocycles. The third-order valence-electron chi connectivity index (χ3n) is 7.68. The molecule has 0 radical (unpaired) electrons. The van der Waals surface area contributed by atoms with E-state index < -0.39 is 74.6 Å². The first-order valence-electron chi connectivity index (χ1n) is 13.0. The number of thiol groups is 1. The van der Waals surface area contributed by atoms with Gasteiger partial charge >= 0.3 is 13.5 Å². The van der Waals surface area contributed by atoms with Crippen molar-refractivity contribution in [3.63, 3.8) is 0 Å². The van der Waals surface area contributed by atoms with Gasteiger partial charge in [-0.3, -0.25) is 22.9 Å². The Bertz CT molecular complexity index is 1930. The van der Waals surface area contributed by atoms with Crippen LogP contribution in [0.15, 0.2) is 30.1 Å². The Labute approximate surface area is 256 Å². The second-order valence-electron chi connectivity index (χ2n) is 10.4. The van der Waals surface area contributed by atoms with Crippen LogP contribution in [0.4, 0.5) is 10.2 Å². The molecule has 3 fully saturated rings. The number of aliphatic hydroxyl groups is 1. The third kappa shape index (κ3) is 5.09. The second kappa shape index (κ2) is 10.8. The number of alkyl halides is 1. The molecular formula is C21H24FN9O9P2S2. The molecular weight excluding hydrogens is 667 g/mol. The zero-order valence-electron chi connectivity index (χ0n) is 22.4. The molecule has 1 aliphatic carbocycles. The molecule has 0 amide bonds. The summed E-state index contributed by atoms with van der Waals surface area (Å²) in [5.74, 6) is 0.0644. The Morgan fingerprint density at radius 3 is 2.57 bits per heavy atom. The van der Waals surface area contributed by atoms with Gasteiger partial charge in [-0.1, -0.05) is 12.2 Å². The lowest BCUT2D eigenvalue weighted by atomic mass is 10.1. The van der Waals surface area contributed by atoms with Crippen LogP contribution < -0.4 is 11.3 Å². The second-order valence-corrected chi connectivity index (χ2v) is 16.0. The quantitative estimate of drug-likeness (QED) is 0.166. The summed E-state index contributed by atoms with van der Waals surface area (Å²) in [5.41, 5.74) is 6.00. The Morgan fingerprint density at radius 1 is 1.05 bits per heavy atom. The molecule has 18 nitrogen and oxygen atoms in total. The number of hydrogen-bond acceptors (Lipinski definition) is 15. The first-order chi connectivity index (χ1) is 20.8. The molecule has 2 bridgehead atoms. The molecule has 3 aliphatic rings. The van der Waals surface area contributed by atoms with Gasteiger partial charge in [0.05, 0.1) is 37.7 Å². The summed E-state index contributed by atoms with van der Waals surface area (Å²) in [6.45, 7) is -9.19. The molecule has 4 aromatic rings. The molecule has 2 unspecified atom stereocenters. The van der Waals surface area contributed by atoms with Crippen LogP contribution in [-0.4, -0.2) is 91.9 Å². The molecule has 0 spiro atoms. The van der Waals surface area contributed by atoms with Gasteiger partial charge in [-0.15, -0.1) is 0 Å². The Hall–Kier alpha value is -2.42. The van der Waals surface area contributed by atoms with Gasteiger partial charge in [0.2, 0.25) is 0 Å². The number of aromatic nitrogens is 8. The Kier molecular flexibility index (Phi) is 7.45. The maximum atomic E-state index is 16.1. The highest BCUT2D eigenvalue weighted by Gasteiger charge is 2.54. The summed E-state index contributed by atoms with van der Waals surface area (Å²) in [6, 6.07) is -0.891. The van der Waals surface area contributed by atoms with Gasteiger partial charge in [0, 0.05) is 13.5 Å². The Morgan fingerprint density at radius 2 is 1.77 bits per heavy atom. The minimum atomic E-state index is -4.30. The van der Waals surface area contributed by atoms with Crippen molar-refractivity contribution in [1.29, 1.82) is 0 Å². The summed E-state index contributed by atoms with van der Waals surface area (Å²) in [4.78, 5) is 44.2. The summed E-state index contributed by atoms with van der Waals surface area (Å²) < 4.78 is 62.0. The van der Waals surface area contributed by atoms with Crippen molar-refractivity contribution in [2.75, 3.05) is 12.3 Å². The molecule has 10 atom stereocenters. The number of nitrogens with two attached hydrogens (primary N) is 1. The van der Waals surface area contributed by atoms with Crippen molar-refractivity contribution < 1.29 is 41.8 Å². The standard InChI is InChI=1S/C21H24FN9O9P2S2/c1-29-5-28-19-13(20(29)33)27-6-30(19)8-2-9-14(32)15(8)39-41(34,43)36-3-10-16(40-42(35,44)38-9)11(22)21(37-10)31-7-26-12-17(23)24-4-25-18(12)31/h4-11,14-16,21,32H,2-3H2,1H3,(H,34,43)(H,35,44)(H2,23,24,25)/t8-,9+,10-,11-,14-,15+,16-,21-,41?,42?/m1/s1. The fourth-order valence-corrected chi connectivity index (χ4v) is 8.92. The molecule has 236 valence electrons. The first-order valence-corrected chi connectivity index (χ1v) is 18.3. The van der Waals surface area contributed by atoms with Gasteiger partial charge in [0.25, 0.3) is 5.56 Å². The number of aliphatic hydroxyl groups excluding tert-OH is 1. The average Bonchev–Trinajstić information content (AvgIpc) is 3.72. The summed E-state index contributed by atoms with van der Waals surface area (Å²) in [5, 5.41) is 11.2. The summed E-state index contributed by atoms with van der Waals surface area (Å²) >= 11 is 9.33. The highest BCUT2D eigenvalue weighted by atomic mass is 32.7. The van der Waals surface area contributed by atoms with Gasteiger partial charge in [-0.05, 0) is 11.8 Å². The molecule has 44 heavy (non-hydrogen) atoms. The predicted octanol–water partition coefficient (Wildman–Crippen LogP) is 0.534. The summed E-state index contributed by atoms with van der Waals surface area (Å²) in [6.07, 6.45) is -5.52. The van der Waals surface area contributed by atoms with Crippen molar-refractivity contribution in [3.8, 4) is 0 Å². The molecule has 23 heteroatoms. The van der Waals surface area contributed by atoms with Crippen LogP contribution in [0.5, 0.6) is 0 Å². The SMILES string of the molecule is Cn1cnc2c(ncn2[C@@H]2C[C@@H]3OP(O)(=S)O[C@H]4[C@@H](F)[C@H](n5cnc6c(N)ncnc65)O[C@@H]4COP(=O)(S)O[C@@H]2[C@@H]3O)c1=O. The molecule has 0 aromatic carbocycles. The fourth-order valence-electron chi connectivity index (χ4n) is 5.63. The number of halogens is 1. The van der Waals surface area contributed by atoms with Crippen LogP contribution in [0.25, 0.3) is 22.3 Å². The molecule has 2 aliphatic heterocycles. The van der Waals surface area contributed by atoms with Crippen LogP contribution in [0.1, 0.15) is 18.7 Å². The Balaban J connectivity index is 1.22. The van der Waals surface area contributed by atoms with Gasteiger partial charge in [-0.25, -0.2) is 33.9 Å². The van der Waals surface area contributed by atoms with Crippen LogP contribution in [0.2, 0.25) is 0 Å². The zero-order valence-corrected chi connectivity index (χ0v) is 25.9. The van der Waals surface area contributed by atoms with E-state index in [1.165, 1.54) is 46.1 Å². The maximum Gasteiger partial charge on any atom is 0.386 e. The maximum absolute atomic E-state index is 16.1. The number of imidazole rings is 2. The van der Waals surface area contributed by atoms with Crippen LogP contribution in [0.3, 0.4) is 0 Å². The van der Waals surface area contributed by atoms with E-state index in [0.29, 0.717) is 0 Å². The number of aryl methyl sites for hydroxylation is 1. The van der Waals surface area contributed by atoms with E-state index in [9.17, 15) is 19.4 Å². The van der Waals surface area contributed by atoms with Crippen molar-refractivity contribution in [2.45, 2.75) is 55.4 Å². The van der Waals surface area contributed by atoms with Crippen LogP contribution in [-0.2, 0) is 46.3 Å². The van der Waals surface area contributed by atoms with E-state index in [1.54, 1.807) is 0 Å². The van der Waals surface area contributed by atoms with E-state index >= 15 is 4.39 Å². The summed E-state index contributed by atoms with van der Waals surface area (Å²) in [7, 11) is 1.51. The number of hydrogen-bond donors (Lipinski definition) is 4. The third-order valence-corrected chi connectivity index (χ3v) is 10.9. The monoisotopic (exact) mass is 691 g/mol. The number of anilines is 1. The number of fused-ring (bicyclic) bond motifs is 5. The normalized spacial score (nSPS) is 38.0. The van der Waals surface area contributed by atoms with Crippen molar-refractivity contribution >= 4 is 65.7 Å². The fraction of sp³-hybridized carbons (Fsp3) is 0.524. The zero-order chi connectivity index (χ0) is 31.1. The van der Waals surface area contributed by atoms with Gasteiger partial charge in [0.1, 0.15) is 36.3 Å². The average molecular weight is 692 g/mol. The molecule has 6 heterocycles.